The third-order valence-corrected chi connectivity index (χ3v) is 3.28. The monoisotopic (exact) mass is 312 g/mol. The van der Waals surface area contributed by atoms with E-state index in [1.54, 1.807) is 30.0 Å². The molecule has 0 unspecified atom stereocenters. The zero-order chi connectivity index (χ0) is 14.5. The molecule has 0 radical (unpaired) electrons. The first kappa shape index (κ1) is 14.9. The fraction of sp³-hybridized carbons (Fsp3) is 0.286. The summed E-state index contributed by atoms with van der Waals surface area (Å²) in [6.45, 7) is 2.32. The number of hydrogen-bond donors (Lipinski definition) is 0. The summed E-state index contributed by atoms with van der Waals surface area (Å²) in [5.74, 6) is -0.277. The first-order valence-electron chi connectivity index (χ1n) is 6.18. The molecule has 1 aromatic heterocycles. The highest BCUT2D eigenvalue weighted by atomic mass is 35.5. The third kappa shape index (κ3) is 3.99. The molecule has 0 atom stereocenters. The van der Waals surface area contributed by atoms with Gasteiger partial charge in [-0.15, -0.1) is 0 Å². The summed E-state index contributed by atoms with van der Waals surface area (Å²) in [5.41, 5.74) is 1.77. The number of esters is 1. The second-order valence-electron chi connectivity index (χ2n) is 4.25. The average molecular weight is 313 g/mol. The Morgan fingerprint density at radius 3 is 2.90 bits per heavy atom. The van der Waals surface area contributed by atoms with Gasteiger partial charge in [-0.1, -0.05) is 29.3 Å². The van der Waals surface area contributed by atoms with Crippen LogP contribution in [0.4, 0.5) is 0 Å². The molecule has 2 aromatic rings. The molecular weight excluding hydrogens is 299 g/mol. The van der Waals surface area contributed by atoms with Crippen molar-refractivity contribution in [1.82, 2.24) is 9.55 Å². The van der Waals surface area contributed by atoms with Gasteiger partial charge in [0.1, 0.15) is 6.54 Å². The van der Waals surface area contributed by atoms with Crippen LogP contribution in [0.5, 0.6) is 0 Å². The van der Waals surface area contributed by atoms with Gasteiger partial charge in [0.25, 0.3) is 0 Å². The SMILES string of the molecule is CCOC(=O)Cn1cnc(Cc2ccc(Cl)cc2Cl)c1. The lowest BCUT2D eigenvalue weighted by Gasteiger charge is -2.03. The van der Waals surface area contributed by atoms with E-state index in [2.05, 4.69) is 4.98 Å². The van der Waals surface area contributed by atoms with Crippen molar-refractivity contribution in [2.24, 2.45) is 0 Å². The van der Waals surface area contributed by atoms with Gasteiger partial charge in [-0.25, -0.2) is 4.98 Å². The van der Waals surface area contributed by atoms with Crippen LogP contribution in [0.15, 0.2) is 30.7 Å². The molecule has 1 heterocycles. The molecule has 0 saturated carbocycles. The molecule has 20 heavy (non-hydrogen) atoms. The van der Waals surface area contributed by atoms with Crippen molar-refractivity contribution in [2.75, 3.05) is 6.61 Å². The van der Waals surface area contributed by atoms with Crippen LogP contribution in [0.25, 0.3) is 0 Å². The molecule has 1 aromatic carbocycles. The Balaban J connectivity index is 2.04. The molecule has 0 fully saturated rings. The van der Waals surface area contributed by atoms with Crippen molar-refractivity contribution in [3.63, 3.8) is 0 Å². The normalized spacial score (nSPS) is 10.6. The smallest absolute Gasteiger partial charge is 0.325 e. The van der Waals surface area contributed by atoms with E-state index < -0.39 is 0 Å². The molecule has 4 nitrogen and oxygen atoms in total. The molecule has 0 spiro atoms. The number of imidazole rings is 1. The first-order chi connectivity index (χ1) is 9.58. The van der Waals surface area contributed by atoms with Crippen molar-refractivity contribution in [1.29, 1.82) is 0 Å². The Morgan fingerprint density at radius 1 is 1.40 bits per heavy atom. The summed E-state index contributed by atoms with van der Waals surface area (Å²) in [7, 11) is 0. The number of rotatable bonds is 5. The van der Waals surface area contributed by atoms with Crippen molar-refractivity contribution < 1.29 is 9.53 Å². The summed E-state index contributed by atoms with van der Waals surface area (Å²) in [5, 5.41) is 1.21. The third-order valence-electron chi connectivity index (χ3n) is 2.69. The molecule has 0 aliphatic carbocycles. The lowest BCUT2D eigenvalue weighted by molar-refractivity contribution is -0.143. The average Bonchev–Trinajstić information content (AvgIpc) is 2.80. The fourth-order valence-corrected chi connectivity index (χ4v) is 2.28. The van der Waals surface area contributed by atoms with Gasteiger partial charge >= 0.3 is 5.97 Å². The van der Waals surface area contributed by atoms with Crippen LogP contribution < -0.4 is 0 Å². The van der Waals surface area contributed by atoms with Gasteiger partial charge in [-0.3, -0.25) is 4.79 Å². The number of aromatic nitrogens is 2. The Labute approximate surface area is 127 Å². The molecule has 106 valence electrons. The van der Waals surface area contributed by atoms with Gasteiger partial charge < -0.3 is 9.30 Å². The van der Waals surface area contributed by atoms with Crippen LogP contribution in [-0.2, 0) is 22.5 Å². The molecular formula is C14H14Cl2N2O2. The van der Waals surface area contributed by atoms with Gasteiger partial charge in [-0.2, -0.15) is 0 Å². The minimum absolute atomic E-state index is 0.162. The number of halogens is 2. The van der Waals surface area contributed by atoms with Gasteiger partial charge in [0.15, 0.2) is 0 Å². The van der Waals surface area contributed by atoms with Crippen LogP contribution in [0.3, 0.4) is 0 Å². The quantitative estimate of drug-likeness (QED) is 0.795. The Morgan fingerprint density at radius 2 is 2.20 bits per heavy atom. The van der Waals surface area contributed by atoms with E-state index in [1.807, 2.05) is 12.3 Å². The Kier molecular flexibility index (Phi) is 5.04. The number of nitrogens with zero attached hydrogens (tertiary/aromatic N) is 2. The lowest BCUT2D eigenvalue weighted by atomic mass is 10.1. The molecule has 0 N–H and O–H groups in total. The van der Waals surface area contributed by atoms with Crippen molar-refractivity contribution in [2.45, 2.75) is 19.9 Å². The second-order valence-corrected chi connectivity index (χ2v) is 5.10. The maximum atomic E-state index is 11.4. The van der Waals surface area contributed by atoms with Crippen LogP contribution in [0.1, 0.15) is 18.2 Å². The van der Waals surface area contributed by atoms with E-state index in [9.17, 15) is 4.79 Å². The largest absolute Gasteiger partial charge is 0.465 e. The molecule has 0 bridgehead atoms. The predicted molar refractivity (Wildman–Crippen MR) is 78.1 cm³/mol. The van der Waals surface area contributed by atoms with E-state index in [4.69, 9.17) is 27.9 Å². The van der Waals surface area contributed by atoms with Crippen LogP contribution in [0, 0.1) is 0 Å². The molecule has 0 aliphatic rings. The maximum Gasteiger partial charge on any atom is 0.325 e. The number of carbonyl (C=O) groups excluding carboxylic acids is 1. The molecule has 0 saturated heterocycles. The molecule has 6 heteroatoms. The van der Waals surface area contributed by atoms with E-state index in [0.29, 0.717) is 23.1 Å². The molecule has 0 amide bonds. The standard InChI is InChI=1S/C14H14Cl2N2O2/c1-2-20-14(19)8-18-7-12(17-9-18)5-10-3-4-11(15)6-13(10)16/h3-4,6-7,9H,2,5,8H2,1H3. The summed E-state index contributed by atoms with van der Waals surface area (Å²) in [6.07, 6.45) is 4.00. The first-order valence-corrected chi connectivity index (χ1v) is 6.94. The number of carbonyl (C=O) groups is 1. The topological polar surface area (TPSA) is 44.1 Å². The Hall–Kier alpha value is -1.52. The fourth-order valence-electron chi connectivity index (χ4n) is 1.80. The van der Waals surface area contributed by atoms with Crippen LogP contribution in [0.2, 0.25) is 10.0 Å². The van der Waals surface area contributed by atoms with E-state index in [1.165, 1.54) is 0 Å². The predicted octanol–water partition coefficient (Wildman–Crippen LogP) is 3.34. The van der Waals surface area contributed by atoms with E-state index >= 15 is 0 Å². The zero-order valence-electron chi connectivity index (χ0n) is 11.0. The highest BCUT2D eigenvalue weighted by molar-refractivity contribution is 6.35. The molecule has 2 rings (SSSR count). The Bertz CT molecular complexity index is 611. The van der Waals surface area contributed by atoms with Gasteiger partial charge in [0, 0.05) is 22.7 Å². The van der Waals surface area contributed by atoms with E-state index in [-0.39, 0.29) is 12.5 Å². The highest BCUT2D eigenvalue weighted by Gasteiger charge is 2.07. The minimum Gasteiger partial charge on any atom is -0.465 e. The number of ether oxygens (including phenoxy) is 1. The highest BCUT2D eigenvalue weighted by Crippen LogP contribution is 2.22. The van der Waals surface area contributed by atoms with Crippen molar-refractivity contribution in [3.05, 3.63) is 52.0 Å². The summed E-state index contributed by atoms with van der Waals surface area (Å²) in [6, 6.07) is 5.36. The summed E-state index contributed by atoms with van der Waals surface area (Å²) >= 11 is 12.0. The van der Waals surface area contributed by atoms with Gasteiger partial charge in [0.05, 0.1) is 18.6 Å². The number of hydrogen-bond acceptors (Lipinski definition) is 3. The second kappa shape index (κ2) is 6.77. The van der Waals surface area contributed by atoms with Crippen molar-refractivity contribution in [3.8, 4) is 0 Å². The van der Waals surface area contributed by atoms with Crippen molar-refractivity contribution >= 4 is 29.2 Å². The van der Waals surface area contributed by atoms with Crippen LogP contribution >= 0.6 is 23.2 Å². The van der Waals surface area contributed by atoms with Gasteiger partial charge in [-0.05, 0) is 24.6 Å². The van der Waals surface area contributed by atoms with Crippen LogP contribution in [-0.4, -0.2) is 22.1 Å². The summed E-state index contributed by atoms with van der Waals surface area (Å²) in [4.78, 5) is 15.6. The summed E-state index contributed by atoms with van der Waals surface area (Å²) < 4.78 is 6.57. The van der Waals surface area contributed by atoms with Gasteiger partial charge in [0.2, 0.25) is 0 Å². The zero-order valence-corrected chi connectivity index (χ0v) is 12.5. The maximum absolute atomic E-state index is 11.4. The van der Waals surface area contributed by atoms with E-state index in [0.717, 1.165) is 11.3 Å². The molecule has 0 aliphatic heterocycles. The minimum atomic E-state index is -0.277. The lowest BCUT2D eigenvalue weighted by Crippen LogP contribution is -2.11. The number of benzene rings is 1.